The third-order valence-electron chi connectivity index (χ3n) is 5.26. The van der Waals surface area contributed by atoms with E-state index in [2.05, 4.69) is 10.0 Å². The molecule has 1 fully saturated rings. The van der Waals surface area contributed by atoms with Crippen LogP contribution in [0, 0.1) is 0 Å². The molecule has 1 heterocycles. The van der Waals surface area contributed by atoms with Gasteiger partial charge in [0.05, 0.1) is 18.9 Å². The number of carbonyl (C=O) groups is 1. The minimum absolute atomic E-state index is 0.124. The number of sulfonamides is 1. The Morgan fingerprint density at radius 2 is 1.74 bits per heavy atom. The van der Waals surface area contributed by atoms with Crippen LogP contribution in [-0.2, 0) is 32.7 Å². The number of benzene rings is 2. The molecule has 0 radical (unpaired) electrons. The normalized spacial score (nSPS) is 19.4. The van der Waals surface area contributed by atoms with Gasteiger partial charge >= 0.3 is 6.03 Å². The molecular weight excluding hydrogens is 414 g/mol. The number of rotatable bonds is 7. The van der Waals surface area contributed by atoms with E-state index in [1.54, 1.807) is 30.9 Å². The van der Waals surface area contributed by atoms with E-state index in [1.807, 2.05) is 49.4 Å². The summed E-state index contributed by atoms with van der Waals surface area (Å²) in [4.78, 5) is 14.6. The lowest BCUT2D eigenvalue weighted by molar-refractivity contribution is -0.0906. The molecule has 2 aromatic carbocycles. The lowest BCUT2D eigenvalue weighted by Gasteiger charge is -2.40. The van der Waals surface area contributed by atoms with Crippen LogP contribution in [-0.4, -0.2) is 45.1 Å². The van der Waals surface area contributed by atoms with E-state index < -0.39 is 15.6 Å². The van der Waals surface area contributed by atoms with Crippen molar-refractivity contribution < 1.29 is 17.9 Å². The van der Waals surface area contributed by atoms with Crippen LogP contribution < -0.4 is 10.0 Å². The second-order valence-corrected chi connectivity index (χ2v) is 10.1. The first kappa shape index (κ1) is 23.2. The van der Waals surface area contributed by atoms with Crippen molar-refractivity contribution in [2.24, 2.45) is 0 Å². The Hall–Kier alpha value is -2.42. The molecule has 3 rings (SSSR count). The highest BCUT2D eigenvalue weighted by atomic mass is 32.2. The fourth-order valence-corrected chi connectivity index (χ4v) is 5.26. The van der Waals surface area contributed by atoms with E-state index in [9.17, 15) is 13.2 Å². The van der Waals surface area contributed by atoms with Crippen LogP contribution in [0.25, 0.3) is 0 Å². The zero-order valence-electron chi connectivity index (χ0n) is 18.3. The number of urea groups is 1. The molecule has 1 atom stereocenters. The first-order valence-corrected chi connectivity index (χ1v) is 12.1. The zero-order chi connectivity index (χ0) is 22.5. The average molecular weight is 446 g/mol. The first-order valence-electron chi connectivity index (χ1n) is 10.5. The van der Waals surface area contributed by atoms with E-state index in [-0.39, 0.29) is 24.4 Å². The molecule has 8 heteroatoms. The molecule has 2 N–H and O–H groups in total. The van der Waals surface area contributed by atoms with Crippen LogP contribution in [0.1, 0.15) is 37.5 Å². The Bertz CT molecular complexity index is 995. The molecule has 0 aliphatic carbocycles. The Labute approximate surface area is 184 Å². The summed E-state index contributed by atoms with van der Waals surface area (Å²) in [6, 6.07) is 16.8. The maximum absolute atomic E-state index is 12.9. The summed E-state index contributed by atoms with van der Waals surface area (Å²) in [6.45, 7) is 7.22. The number of hydrogen-bond donors (Lipinski definition) is 2. The molecule has 0 spiro atoms. The van der Waals surface area contributed by atoms with Crippen molar-refractivity contribution in [2.75, 3.05) is 19.7 Å². The molecule has 168 valence electrons. The number of hydrogen-bond acceptors (Lipinski definition) is 4. The van der Waals surface area contributed by atoms with Crippen molar-refractivity contribution in [3.63, 3.8) is 0 Å². The van der Waals surface area contributed by atoms with E-state index in [0.717, 1.165) is 11.1 Å². The van der Waals surface area contributed by atoms with Gasteiger partial charge in [0.1, 0.15) is 5.60 Å². The Morgan fingerprint density at radius 3 is 2.42 bits per heavy atom. The molecule has 2 aromatic rings. The highest BCUT2D eigenvalue weighted by molar-refractivity contribution is 7.88. The Kier molecular flexibility index (Phi) is 7.35. The quantitative estimate of drug-likeness (QED) is 0.686. The van der Waals surface area contributed by atoms with Gasteiger partial charge in [-0.2, -0.15) is 0 Å². The van der Waals surface area contributed by atoms with Crippen LogP contribution >= 0.6 is 0 Å². The lowest BCUT2D eigenvalue weighted by atomic mass is 9.94. The maximum Gasteiger partial charge on any atom is 0.317 e. The maximum atomic E-state index is 12.9. The molecule has 2 amide bonds. The highest BCUT2D eigenvalue weighted by Gasteiger charge is 2.35. The van der Waals surface area contributed by atoms with Crippen molar-refractivity contribution in [3.05, 3.63) is 71.3 Å². The number of ether oxygens (including phenoxy) is 1. The van der Waals surface area contributed by atoms with Gasteiger partial charge in [-0.15, -0.1) is 0 Å². The smallest absolute Gasteiger partial charge is 0.317 e. The fraction of sp³-hybridized carbons (Fsp3) is 0.435. The van der Waals surface area contributed by atoms with Crippen molar-refractivity contribution in [2.45, 2.75) is 44.7 Å². The van der Waals surface area contributed by atoms with Gasteiger partial charge in [-0.05, 0) is 37.5 Å². The molecule has 0 saturated carbocycles. The monoisotopic (exact) mass is 445 g/mol. The van der Waals surface area contributed by atoms with Crippen LogP contribution in [0.5, 0.6) is 0 Å². The van der Waals surface area contributed by atoms with Crippen molar-refractivity contribution in [1.82, 2.24) is 14.9 Å². The molecule has 0 bridgehead atoms. The van der Waals surface area contributed by atoms with Gasteiger partial charge in [0, 0.05) is 19.1 Å². The molecule has 1 saturated heterocycles. The van der Waals surface area contributed by atoms with Crippen LogP contribution in [0.2, 0.25) is 0 Å². The second-order valence-electron chi connectivity index (χ2n) is 8.33. The summed E-state index contributed by atoms with van der Waals surface area (Å²) in [6.07, 6.45) is 0. The molecular formula is C23H31N3O4S. The van der Waals surface area contributed by atoms with E-state index in [1.165, 1.54) is 0 Å². The van der Waals surface area contributed by atoms with Crippen molar-refractivity contribution in [3.8, 4) is 0 Å². The first-order chi connectivity index (χ1) is 14.7. The van der Waals surface area contributed by atoms with Crippen LogP contribution in [0.3, 0.4) is 0 Å². The van der Waals surface area contributed by atoms with E-state index in [0.29, 0.717) is 25.3 Å². The van der Waals surface area contributed by atoms with E-state index >= 15 is 0 Å². The van der Waals surface area contributed by atoms with Gasteiger partial charge in [-0.1, -0.05) is 54.6 Å². The van der Waals surface area contributed by atoms with Crippen molar-refractivity contribution in [1.29, 1.82) is 0 Å². The SMILES string of the molecule is CC(C)NS(=O)(=O)Cc1ccccc1CNC(=O)N1CCOC(C)(c2ccccc2)C1. The third kappa shape index (κ3) is 6.29. The predicted octanol–water partition coefficient (Wildman–Crippen LogP) is 2.97. The summed E-state index contributed by atoms with van der Waals surface area (Å²) in [5, 5.41) is 2.94. The summed E-state index contributed by atoms with van der Waals surface area (Å²) in [7, 11) is -3.45. The number of carbonyl (C=O) groups excluding carboxylic acids is 1. The molecule has 0 aromatic heterocycles. The van der Waals surface area contributed by atoms with Gasteiger partial charge in [0.25, 0.3) is 0 Å². The van der Waals surface area contributed by atoms with Gasteiger partial charge in [-0.3, -0.25) is 0 Å². The summed E-state index contributed by atoms with van der Waals surface area (Å²) in [5.41, 5.74) is 1.92. The largest absolute Gasteiger partial charge is 0.367 e. The predicted molar refractivity (Wildman–Crippen MR) is 121 cm³/mol. The number of nitrogens with zero attached hydrogens (tertiary/aromatic N) is 1. The molecule has 1 unspecified atom stereocenters. The summed E-state index contributed by atoms with van der Waals surface area (Å²) in [5.74, 6) is -0.124. The zero-order valence-corrected chi connectivity index (χ0v) is 19.1. The third-order valence-corrected chi connectivity index (χ3v) is 6.78. The minimum atomic E-state index is -3.45. The average Bonchev–Trinajstić information content (AvgIpc) is 2.72. The van der Waals surface area contributed by atoms with Gasteiger partial charge in [0.2, 0.25) is 10.0 Å². The summed E-state index contributed by atoms with van der Waals surface area (Å²) < 4.78 is 33.3. The van der Waals surface area contributed by atoms with Gasteiger partial charge in [-0.25, -0.2) is 17.9 Å². The molecule has 1 aliphatic heterocycles. The van der Waals surface area contributed by atoms with E-state index in [4.69, 9.17) is 4.74 Å². The van der Waals surface area contributed by atoms with Crippen LogP contribution in [0.4, 0.5) is 4.79 Å². The Morgan fingerprint density at radius 1 is 1.10 bits per heavy atom. The highest BCUT2D eigenvalue weighted by Crippen LogP contribution is 2.29. The number of nitrogens with one attached hydrogen (secondary N) is 2. The lowest BCUT2D eigenvalue weighted by Crippen LogP contribution is -2.53. The molecule has 31 heavy (non-hydrogen) atoms. The second kappa shape index (κ2) is 9.80. The standard InChI is InChI=1S/C23H31N3O4S/c1-18(2)25-31(28,29)16-20-10-8-7-9-19(20)15-24-22(27)26-13-14-30-23(3,17-26)21-11-5-4-6-12-21/h4-12,18,25H,13-17H2,1-3H3,(H,24,27). The molecule has 1 aliphatic rings. The number of amides is 2. The Balaban J connectivity index is 1.65. The molecule has 7 nitrogen and oxygen atoms in total. The van der Waals surface area contributed by atoms with Gasteiger partial charge in [0.15, 0.2) is 0 Å². The minimum Gasteiger partial charge on any atom is -0.367 e. The van der Waals surface area contributed by atoms with Gasteiger partial charge < -0.3 is 15.0 Å². The van der Waals surface area contributed by atoms with Crippen LogP contribution in [0.15, 0.2) is 54.6 Å². The topological polar surface area (TPSA) is 87.7 Å². The van der Waals surface area contributed by atoms with Crippen molar-refractivity contribution >= 4 is 16.1 Å². The number of morpholine rings is 1. The fourth-order valence-electron chi connectivity index (χ4n) is 3.77. The summed E-state index contributed by atoms with van der Waals surface area (Å²) >= 11 is 0.